The van der Waals surface area contributed by atoms with E-state index in [1.165, 1.54) is 0 Å². The fraction of sp³-hybridized carbons (Fsp3) is 0.778. The van der Waals surface area contributed by atoms with Gasteiger partial charge in [0.1, 0.15) is 0 Å². The Bertz CT molecular complexity index is 136. The normalized spacial score (nSPS) is 20.4. The summed E-state index contributed by atoms with van der Waals surface area (Å²) in [6, 6.07) is 0. The third-order valence-electron chi connectivity index (χ3n) is 2.35. The van der Waals surface area contributed by atoms with Gasteiger partial charge in [-0.3, -0.25) is 4.79 Å². The van der Waals surface area contributed by atoms with Crippen LogP contribution in [0.25, 0.3) is 0 Å². The molecule has 1 rings (SSSR count). The van der Waals surface area contributed by atoms with Crippen LogP contribution in [-0.2, 0) is 4.79 Å². The molecule has 1 radical (unpaired) electrons. The van der Waals surface area contributed by atoms with Crippen molar-refractivity contribution in [3.05, 3.63) is 6.92 Å². The van der Waals surface area contributed by atoms with Crippen molar-refractivity contribution >= 4 is 5.91 Å². The van der Waals surface area contributed by atoms with Gasteiger partial charge in [0.15, 0.2) is 0 Å². The Morgan fingerprint density at radius 3 is 2.55 bits per heavy atom. The number of hydrogen-bond acceptors (Lipinski definition) is 1. The van der Waals surface area contributed by atoms with Crippen molar-refractivity contribution < 1.29 is 4.79 Å². The van der Waals surface area contributed by atoms with Crippen LogP contribution in [0.3, 0.4) is 0 Å². The summed E-state index contributed by atoms with van der Waals surface area (Å²) in [5.41, 5.74) is 0. The van der Waals surface area contributed by atoms with E-state index in [2.05, 4.69) is 13.8 Å². The minimum Gasteiger partial charge on any atom is -0.343 e. The summed E-state index contributed by atoms with van der Waals surface area (Å²) in [5, 5.41) is 0. The van der Waals surface area contributed by atoms with Gasteiger partial charge >= 0.3 is 0 Å². The summed E-state index contributed by atoms with van der Waals surface area (Å²) < 4.78 is 0. The minimum absolute atomic E-state index is 0.205. The van der Waals surface area contributed by atoms with Crippen molar-refractivity contribution in [3.63, 3.8) is 0 Å². The Hall–Kier alpha value is -0.530. The van der Waals surface area contributed by atoms with E-state index in [9.17, 15) is 4.79 Å². The van der Waals surface area contributed by atoms with Gasteiger partial charge in [-0.1, -0.05) is 6.92 Å². The predicted octanol–water partition coefficient (Wildman–Crippen LogP) is 1.47. The zero-order valence-electron chi connectivity index (χ0n) is 7.18. The van der Waals surface area contributed by atoms with Crippen molar-refractivity contribution in [3.8, 4) is 0 Å². The molecular formula is C9H16NO. The lowest BCUT2D eigenvalue weighted by atomic mass is 9.99. The van der Waals surface area contributed by atoms with Gasteiger partial charge in [0.25, 0.3) is 0 Å². The Balaban J connectivity index is 2.33. The number of amides is 1. The molecule has 1 fully saturated rings. The summed E-state index contributed by atoms with van der Waals surface area (Å²) in [7, 11) is 0. The van der Waals surface area contributed by atoms with E-state index in [1.807, 2.05) is 4.90 Å². The lowest BCUT2D eigenvalue weighted by Gasteiger charge is -2.29. The van der Waals surface area contributed by atoms with Gasteiger partial charge in [-0.25, -0.2) is 0 Å². The summed E-state index contributed by atoms with van der Waals surface area (Å²) in [4.78, 5) is 13.1. The maximum atomic E-state index is 11.1. The molecule has 0 unspecified atom stereocenters. The van der Waals surface area contributed by atoms with E-state index >= 15 is 0 Å². The van der Waals surface area contributed by atoms with E-state index in [1.54, 1.807) is 0 Å². The van der Waals surface area contributed by atoms with Crippen LogP contribution in [0.1, 0.15) is 26.2 Å². The van der Waals surface area contributed by atoms with Crippen molar-refractivity contribution in [2.75, 3.05) is 13.1 Å². The first-order chi connectivity index (χ1) is 5.24. The molecule has 1 amide bonds. The van der Waals surface area contributed by atoms with E-state index in [4.69, 9.17) is 0 Å². The number of carbonyl (C=O) groups is 1. The third kappa shape index (κ3) is 2.21. The summed E-state index contributed by atoms with van der Waals surface area (Å²) >= 11 is 0. The van der Waals surface area contributed by atoms with Crippen LogP contribution in [0.5, 0.6) is 0 Å². The maximum absolute atomic E-state index is 11.1. The smallest absolute Gasteiger partial charge is 0.222 e. The summed E-state index contributed by atoms with van der Waals surface area (Å²) in [6.45, 7) is 7.71. The number of rotatable bonds is 1. The van der Waals surface area contributed by atoms with Crippen LogP contribution in [0.2, 0.25) is 0 Å². The average molecular weight is 154 g/mol. The molecule has 1 heterocycles. The van der Waals surface area contributed by atoms with E-state index < -0.39 is 0 Å². The number of nitrogens with zero attached hydrogens (tertiary/aromatic N) is 1. The largest absolute Gasteiger partial charge is 0.343 e. The quantitative estimate of drug-likeness (QED) is 0.560. The molecular weight excluding hydrogens is 138 g/mol. The Labute approximate surface area is 68.6 Å². The van der Waals surface area contributed by atoms with Crippen molar-refractivity contribution in [1.29, 1.82) is 0 Å². The fourth-order valence-electron chi connectivity index (χ4n) is 1.42. The van der Waals surface area contributed by atoms with Crippen LogP contribution < -0.4 is 0 Å². The van der Waals surface area contributed by atoms with Crippen LogP contribution >= 0.6 is 0 Å². The lowest BCUT2D eigenvalue weighted by molar-refractivity contribution is -0.131. The first-order valence-electron chi connectivity index (χ1n) is 4.31. The minimum atomic E-state index is 0.205. The van der Waals surface area contributed by atoms with Gasteiger partial charge in [0.05, 0.1) is 0 Å². The molecule has 11 heavy (non-hydrogen) atoms. The predicted molar refractivity (Wildman–Crippen MR) is 45.0 cm³/mol. The molecule has 0 N–H and O–H groups in total. The molecule has 0 aromatic rings. The van der Waals surface area contributed by atoms with Crippen LogP contribution in [0.4, 0.5) is 0 Å². The second kappa shape index (κ2) is 3.74. The molecule has 1 aliphatic rings. The van der Waals surface area contributed by atoms with E-state index in [-0.39, 0.29) is 5.91 Å². The molecule has 0 bridgehead atoms. The van der Waals surface area contributed by atoms with Gasteiger partial charge in [-0.2, -0.15) is 0 Å². The fourth-order valence-corrected chi connectivity index (χ4v) is 1.42. The second-order valence-electron chi connectivity index (χ2n) is 3.31. The van der Waals surface area contributed by atoms with Crippen molar-refractivity contribution in [2.24, 2.45) is 5.92 Å². The Morgan fingerprint density at radius 1 is 1.55 bits per heavy atom. The monoisotopic (exact) mass is 154 g/mol. The maximum Gasteiger partial charge on any atom is 0.222 e. The van der Waals surface area contributed by atoms with E-state index in [0.717, 1.165) is 31.8 Å². The van der Waals surface area contributed by atoms with Gasteiger partial charge in [-0.15, -0.1) is 0 Å². The highest BCUT2D eigenvalue weighted by Crippen LogP contribution is 2.16. The summed E-state index contributed by atoms with van der Waals surface area (Å²) in [5.74, 6) is 1.00. The van der Waals surface area contributed by atoms with Crippen molar-refractivity contribution in [1.82, 2.24) is 4.90 Å². The molecule has 2 heteroatoms. The number of carbonyl (C=O) groups excluding carboxylic acids is 1. The zero-order chi connectivity index (χ0) is 8.27. The number of hydrogen-bond donors (Lipinski definition) is 0. The van der Waals surface area contributed by atoms with Gasteiger partial charge < -0.3 is 4.90 Å². The molecule has 0 aliphatic carbocycles. The summed E-state index contributed by atoms with van der Waals surface area (Å²) in [6.07, 6.45) is 2.73. The molecule has 1 aliphatic heterocycles. The Morgan fingerprint density at radius 2 is 2.09 bits per heavy atom. The highest BCUT2D eigenvalue weighted by atomic mass is 16.2. The van der Waals surface area contributed by atoms with Crippen LogP contribution in [0.15, 0.2) is 0 Å². The topological polar surface area (TPSA) is 20.3 Å². The first-order valence-corrected chi connectivity index (χ1v) is 4.31. The molecule has 1 saturated heterocycles. The van der Waals surface area contributed by atoms with Gasteiger partial charge in [0.2, 0.25) is 5.91 Å². The average Bonchev–Trinajstić information content (AvgIpc) is 2.05. The SMILES string of the molecule is [CH2]CC(=O)N1CCC(C)CC1. The number of piperidine rings is 1. The van der Waals surface area contributed by atoms with Gasteiger partial charge in [0, 0.05) is 19.5 Å². The number of likely N-dealkylation sites (tertiary alicyclic amines) is 1. The molecule has 0 saturated carbocycles. The van der Waals surface area contributed by atoms with Crippen LogP contribution in [0, 0.1) is 12.8 Å². The van der Waals surface area contributed by atoms with Crippen molar-refractivity contribution in [2.45, 2.75) is 26.2 Å². The third-order valence-corrected chi connectivity index (χ3v) is 2.35. The molecule has 63 valence electrons. The molecule has 0 aromatic heterocycles. The van der Waals surface area contributed by atoms with E-state index in [0.29, 0.717) is 6.42 Å². The van der Waals surface area contributed by atoms with Gasteiger partial charge in [-0.05, 0) is 25.7 Å². The highest BCUT2D eigenvalue weighted by Gasteiger charge is 2.18. The molecule has 2 nitrogen and oxygen atoms in total. The molecule has 0 aromatic carbocycles. The molecule has 0 spiro atoms. The zero-order valence-corrected chi connectivity index (χ0v) is 7.18. The standard InChI is InChI=1S/C9H16NO/c1-3-9(11)10-6-4-8(2)5-7-10/h8H,1,3-7H2,2H3. The first kappa shape index (κ1) is 8.57. The van der Waals surface area contributed by atoms with Crippen LogP contribution in [-0.4, -0.2) is 23.9 Å². The molecule has 0 atom stereocenters. The highest BCUT2D eigenvalue weighted by molar-refractivity contribution is 5.76. The lowest BCUT2D eigenvalue weighted by Crippen LogP contribution is -2.37. The Kier molecular flexibility index (Phi) is 2.92. The second-order valence-corrected chi connectivity index (χ2v) is 3.31.